The summed E-state index contributed by atoms with van der Waals surface area (Å²) in [5.74, 6) is -0.0728. The van der Waals surface area contributed by atoms with Crippen LogP contribution in [0.3, 0.4) is 0 Å². The first-order valence-electron chi connectivity index (χ1n) is 12.4. The molecule has 9 nitrogen and oxygen atoms in total. The molecule has 0 amide bonds. The van der Waals surface area contributed by atoms with Crippen LogP contribution in [0.4, 0.5) is 29.1 Å². The number of pyridine rings is 1. The maximum atomic E-state index is 15.0. The van der Waals surface area contributed by atoms with Crippen molar-refractivity contribution in [3.8, 4) is 11.3 Å². The Kier molecular flexibility index (Phi) is 7.06. The van der Waals surface area contributed by atoms with Crippen molar-refractivity contribution in [3.63, 3.8) is 0 Å². The van der Waals surface area contributed by atoms with Gasteiger partial charge in [0.15, 0.2) is 0 Å². The predicted octanol–water partition coefficient (Wildman–Crippen LogP) is 4.41. The summed E-state index contributed by atoms with van der Waals surface area (Å²) >= 11 is 0. The minimum absolute atomic E-state index is 0.0132. The van der Waals surface area contributed by atoms with E-state index in [-0.39, 0.29) is 34.2 Å². The molecule has 0 bridgehead atoms. The molecule has 5 rings (SSSR count). The van der Waals surface area contributed by atoms with E-state index in [0.717, 1.165) is 19.0 Å². The van der Waals surface area contributed by atoms with E-state index < -0.39 is 23.1 Å². The first kappa shape index (κ1) is 26.3. The zero-order valence-corrected chi connectivity index (χ0v) is 20.8. The second kappa shape index (κ2) is 10.5. The Morgan fingerprint density at radius 3 is 2.67 bits per heavy atom. The van der Waals surface area contributed by atoms with Gasteiger partial charge in [0.25, 0.3) is 11.1 Å². The Bertz CT molecular complexity index is 1620. The van der Waals surface area contributed by atoms with Crippen LogP contribution in [0.25, 0.3) is 22.0 Å². The van der Waals surface area contributed by atoms with E-state index in [1.54, 1.807) is 25.4 Å². The number of anilines is 2. The molecule has 0 spiro atoms. The average Bonchev–Trinajstić information content (AvgIpc) is 2.90. The zero-order chi connectivity index (χ0) is 27.7. The van der Waals surface area contributed by atoms with Gasteiger partial charge in [0.05, 0.1) is 35.4 Å². The molecule has 1 fully saturated rings. The topological polar surface area (TPSA) is 118 Å². The van der Waals surface area contributed by atoms with E-state index in [9.17, 15) is 22.8 Å². The van der Waals surface area contributed by atoms with Crippen molar-refractivity contribution in [3.05, 3.63) is 75.1 Å². The molecule has 4 aromatic rings. The van der Waals surface area contributed by atoms with E-state index in [1.807, 2.05) is 5.10 Å². The molecule has 39 heavy (non-hydrogen) atoms. The molecule has 1 unspecified atom stereocenters. The van der Waals surface area contributed by atoms with E-state index >= 15 is 4.39 Å². The van der Waals surface area contributed by atoms with Gasteiger partial charge in [-0.05, 0) is 48.8 Å². The second-order valence-corrected chi connectivity index (χ2v) is 9.59. The molecule has 0 aliphatic heterocycles. The second-order valence-electron chi connectivity index (χ2n) is 9.59. The number of nitrogens with one attached hydrogen (secondary N) is 3. The smallest absolute Gasteiger partial charge is 0.380 e. The van der Waals surface area contributed by atoms with Crippen LogP contribution in [-0.2, 0) is 12.7 Å². The summed E-state index contributed by atoms with van der Waals surface area (Å²) in [6, 6.07) is 4.15. The highest BCUT2D eigenvalue weighted by Crippen LogP contribution is 2.34. The fourth-order valence-electron chi connectivity index (χ4n) is 5.12. The van der Waals surface area contributed by atoms with Gasteiger partial charge < -0.3 is 15.2 Å². The molecule has 1 aliphatic carbocycles. The Labute approximate surface area is 219 Å². The lowest BCUT2D eigenvalue weighted by Crippen LogP contribution is -2.33. The number of aromatic amines is 1. The largest absolute Gasteiger partial charge is 0.423 e. The van der Waals surface area contributed by atoms with E-state index in [1.165, 1.54) is 23.0 Å². The molecule has 3 heterocycles. The number of hydrogen-bond acceptors (Lipinski definition) is 7. The molecule has 0 radical (unpaired) electrons. The SMILES string of the molecule is CNc1cnc(-c2cc3ccn(CC4CCC[C@H](Nc5cn[nH]c(=O)c5C(F)(F)F)C4)c(=O)c3cc2F)cn1. The fraction of sp³-hybridized carbons (Fsp3) is 0.346. The molecule has 13 heteroatoms. The molecular weight excluding hydrogens is 518 g/mol. The lowest BCUT2D eigenvalue weighted by molar-refractivity contribution is -0.138. The highest BCUT2D eigenvalue weighted by molar-refractivity contribution is 5.86. The molecule has 3 N–H and O–H groups in total. The summed E-state index contributed by atoms with van der Waals surface area (Å²) in [5.41, 5.74) is -2.78. The number of rotatable bonds is 6. The summed E-state index contributed by atoms with van der Waals surface area (Å²) in [7, 11) is 1.70. The van der Waals surface area contributed by atoms with Crippen molar-refractivity contribution in [2.75, 3.05) is 17.7 Å². The van der Waals surface area contributed by atoms with Crippen LogP contribution in [0.5, 0.6) is 0 Å². The monoisotopic (exact) mass is 543 g/mol. The maximum Gasteiger partial charge on any atom is 0.423 e. The van der Waals surface area contributed by atoms with Crippen LogP contribution >= 0.6 is 0 Å². The van der Waals surface area contributed by atoms with E-state index in [4.69, 9.17) is 0 Å². The van der Waals surface area contributed by atoms with Crippen molar-refractivity contribution in [1.29, 1.82) is 0 Å². The van der Waals surface area contributed by atoms with E-state index in [0.29, 0.717) is 36.3 Å². The third-order valence-electron chi connectivity index (χ3n) is 6.99. The Morgan fingerprint density at radius 1 is 1.13 bits per heavy atom. The Hall–Kier alpha value is -4.29. The van der Waals surface area contributed by atoms with Gasteiger partial charge in [-0.2, -0.15) is 18.3 Å². The standard InChI is InChI=1S/C26H25F4N7O2/c1-31-22-12-32-20(10-33-22)18-8-15-5-6-37(25(39)17(15)9-19(18)27)13-14-3-2-4-16(7-14)35-21-11-34-36-24(38)23(21)26(28,29)30/h5-6,8-12,14,16H,2-4,7,13H2,1H3,(H,31,33)(H2,35,36,38)/t14?,16-/m0/s1. The van der Waals surface area contributed by atoms with Crippen molar-refractivity contribution < 1.29 is 17.6 Å². The Morgan fingerprint density at radius 2 is 1.95 bits per heavy atom. The first-order chi connectivity index (χ1) is 18.6. The minimum Gasteiger partial charge on any atom is -0.380 e. The van der Waals surface area contributed by atoms with Gasteiger partial charge in [0.1, 0.15) is 17.2 Å². The summed E-state index contributed by atoms with van der Waals surface area (Å²) in [5, 5.41) is 11.8. The number of aromatic nitrogens is 5. The molecule has 1 saturated carbocycles. The number of H-pyrrole nitrogens is 1. The molecule has 0 saturated heterocycles. The average molecular weight is 544 g/mol. The zero-order valence-electron chi connectivity index (χ0n) is 20.8. The number of alkyl halides is 3. The fourth-order valence-corrected chi connectivity index (χ4v) is 5.12. The summed E-state index contributed by atoms with van der Waals surface area (Å²) in [6.45, 7) is 0.326. The maximum absolute atomic E-state index is 15.0. The lowest BCUT2D eigenvalue weighted by Gasteiger charge is -2.31. The van der Waals surface area contributed by atoms with Crippen LogP contribution in [0.15, 0.2) is 52.6 Å². The van der Waals surface area contributed by atoms with Crippen molar-refractivity contribution in [2.45, 2.75) is 44.4 Å². The lowest BCUT2D eigenvalue weighted by atomic mass is 9.85. The van der Waals surface area contributed by atoms with Crippen LogP contribution in [-0.4, -0.2) is 37.8 Å². The van der Waals surface area contributed by atoms with Crippen LogP contribution in [0, 0.1) is 11.7 Å². The molecule has 1 aromatic carbocycles. The van der Waals surface area contributed by atoms with Gasteiger partial charge in [-0.25, -0.2) is 14.5 Å². The number of benzene rings is 1. The summed E-state index contributed by atoms with van der Waals surface area (Å²) < 4.78 is 56.8. The van der Waals surface area contributed by atoms with Gasteiger partial charge in [0, 0.05) is 31.4 Å². The highest BCUT2D eigenvalue weighted by atomic mass is 19.4. The van der Waals surface area contributed by atoms with Gasteiger partial charge in [-0.1, -0.05) is 6.42 Å². The molecule has 1 aliphatic rings. The van der Waals surface area contributed by atoms with Gasteiger partial charge in [-0.3, -0.25) is 14.6 Å². The normalized spacial score (nSPS) is 17.8. The van der Waals surface area contributed by atoms with Crippen LogP contribution in [0.2, 0.25) is 0 Å². The molecule has 3 aromatic heterocycles. The van der Waals surface area contributed by atoms with Crippen molar-refractivity contribution in [1.82, 2.24) is 24.7 Å². The van der Waals surface area contributed by atoms with Gasteiger partial charge in [0.2, 0.25) is 0 Å². The molecule has 2 atom stereocenters. The van der Waals surface area contributed by atoms with Crippen LogP contribution in [0.1, 0.15) is 31.2 Å². The van der Waals surface area contributed by atoms with E-state index in [2.05, 4.69) is 25.7 Å². The molecule has 204 valence electrons. The van der Waals surface area contributed by atoms with Crippen LogP contribution < -0.4 is 21.8 Å². The number of fused-ring (bicyclic) bond motifs is 1. The highest BCUT2D eigenvalue weighted by Gasteiger charge is 2.38. The van der Waals surface area contributed by atoms with Gasteiger partial charge in [-0.15, -0.1) is 0 Å². The van der Waals surface area contributed by atoms with Gasteiger partial charge >= 0.3 is 6.18 Å². The number of halogens is 4. The summed E-state index contributed by atoms with van der Waals surface area (Å²) in [4.78, 5) is 33.4. The first-order valence-corrected chi connectivity index (χ1v) is 12.4. The third kappa shape index (κ3) is 5.47. The third-order valence-corrected chi connectivity index (χ3v) is 6.99. The summed E-state index contributed by atoms with van der Waals surface area (Å²) in [6.07, 6.45) is 3.31. The number of nitrogens with zero attached hydrogens (tertiary/aromatic N) is 4. The predicted molar refractivity (Wildman–Crippen MR) is 138 cm³/mol. The number of hydrogen-bond donors (Lipinski definition) is 3. The quantitative estimate of drug-likeness (QED) is 0.309. The van der Waals surface area contributed by atoms with Crippen molar-refractivity contribution >= 4 is 22.3 Å². The Balaban J connectivity index is 1.35. The van der Waals surface area contributed by atoms with Crippen molar-refractivity contribution in [2.24, 2.45) is 5.92 Å². The minimum atomic E-state index is -4.83. The molecular formula is C26H25F4N7O2.